The van der Waals surface area contributed by atoms with Gasteiger partial charge in [-0.1, -0.05) is 12.1 Å². The predicted molar refractivity (Wildman–Crippen MR) is 77.7 cm³/mol. The van der Waals surface area contributed by atoms with Crippen molar-refractivity contribution in [1.29, 1.82) is 5.26 Å². The molecule has 0 radical (unpaired) electrons. The molecule has 3 nitrogen and oxygen atoms in total. The van der Waals surface area contributed by atoms with Crippen LogP contribution in [0.5, 0.6) is 0 Å². The minimum atomic E-state index is -0.620. The number of benzene rings is 1. The summed E-state index contributed by atoms with van der Waals surface area (Å²) < 4.78 is 13.4. The van der Waals surface area contributed by atoms with Gasteiger partial charge in [0.25, 0.3) is 5.91 Å². The summed E-state index contributed by atoms with van der Waals surface area (Å²) in [6, 6.07) is 9.57. The number of thiophene rings is 1. The molecule has 1 heterocycles. The van der Waals surface area contributed by atoms with Gasteiger partial charge in [-0.25, -0.2) is 4.39 Å². The summed E-state index contributed by atoms with van der Waals surface area (Å²) in [5, 5.41) is 13.3. The number of amides is 1. The zero-order chi connectivity index (χ0) is 14.5. The van der Waals surface area contributed by atoms with Crippen molar-refractivity contribution in [3.05, 3.63) is 57.5 Å². The maximum atomic E-state index is 13.4. The molecule has 0 bridgehead atoms. The number of halogens is 1. The molecule has 1 N–H and O–H groups in total. The van der Waals surface area contributed by atoms with Crippen LogP contribution in [0, 0.1) is 24.1 Å². The molecule has 20 heavy (non-hydrogen) atoms. The number of nitriles is 1. The number of hydrogen-bond acceptors (Lipinski definition) is 3. The van der Waals surface area contributed by atoms with Crippen molar-refractivity contribution < 1.29 is 9.18 Å². The van der Waals surface area contributed by atoms with Gasteiger partial charge in [-0.2, -0.15) is 5.26 Å². The summed E-state index contributed by atoms with van der Waals surface area (Å²) in [6.07, 6.45) is 1.51. The Morgan fingerprint density at radius 1 is 1.40 bits per heavy atom. The van der Waals surface area contributed by atoms with Gasteiger partial charge in [0.15, 0.2) is 0 Å². The van der Waals surface area contributed by atoms with Gasteiger partial charge in [-0.3, -0.25) is 4.79 Å². The first-order valence-electron chi connectivity index (χ1n) is 5.83. The smallest absolute Gasteiger partial charge is 0.266 e. The van der Waals surface area contributed by atoms with E-state index in [4.69, 9.17) is 5.26 Å². The molecule has 0 unspecified atom stereocenters. The number of carbonyl (C=O) groups is 1. The lowest BCUT2D eigenvalue weighted by Crippen LogP contribution is -2.14. The van der Waals surface area contributed by atoms with E-state index >= 15 is 0 Å². The van der Waals surface area contributed by atoms with Crippen LogP contribution in [0.4, 0.5) is 10.1 Å². The highest BCUT2D eigenvalue weighted by atomic mass is 32.1. The molecule has 1 aromatic carbocycles. The largest absolute Gasteiger partial charge is 0.319 e. The molecule has 5 heteroatoms. The van der Waals surface area contributed by atoms with Gasteiger partial charge in [-0.05, 0) is 42.1 Å². The third-order valence-corrected chi connectivity index (χ3v) is 3.63. The highest BCUT2D eigenvalue weighted by Crippen LogP contribution is 2.20. The van der Waals surface area contributed by atoms with E-state index < -0.39 is 11.7 Å². The molecule has 2 aromatic rings. The fourth-order valence-electron chi connectivity index (χ4n) is 1.56. The van der Waals surface area contributed by atoms with Gasteiger partial charge < -0.3 is 5.32 Å². The van der Waals surface area contributed by atoms with Crippen LogP contribution in [0.3, 0.4) is 0 Å². The minimum absolute atomic E-state index is 0.0567. The number of anilines is 1. The Morgan fingerprint density at radius 3 is 2.75 bits per heavy atom. The molecular weight excluding hydrogens is 275 g/mol. The van der Waals surface area contributed by atoms with Crippen LogP contribution in [0.2, 0.25) is 0 Å². The lowest BCUT2D eigenvalue weighted by molar-refractivity contribution is -0.112. The number of hydrogen-bond donors (Lipinski definition) is 1. The highest BCUT2D eigenvalue weighted by molar-refractivity contribution is 7.11. The first-order chi connectivity index (χ1) is 9.61. The first-order valence-corrected chi connectivity index (χ1v) is 6.71. The average Bonchev–Trinajstić information content (AvgIpc) is 2.84. The average molecular weight is 286 g/mol. The summed E-state index contributed by atoms with van der Waals surface area (Å²) >= 11 is 1.44. The molecule has 0 aliphatic carbocycles. The molecule has 1 amide bonds. The third-order valence-electron chi connectivity index (χ3n) is 2.66. The summed E-state index contributed by atoms with van der Waals surface area (Å²) in [4.78, 5) is 12.8. The van der Waals surface area contributed by atoms with Crippen molar-refractivity contribution in [2.24, 2.45) is 0 Å². The van der Waals surface area contributed by atoms with Crippen LogP contribution < -0.4 is 5.32 Å². The van der Waals surface area contributed by atoms with E-state index in [0.717, 1.165) is 10.4 Å². The predicted octanol–water partition coefficient (Wildman–Crippen LogP) is 3.74. The Kier molecular flexibility index (Phi) is 4.28. The molecule has 0 fully saturated rings. The summed E-state index contributed by atoms with van der Waals surface area (Å²) in [7, 11) is 0. The molecule has 0 aliphatic rings. The van der Waals surface area contributed by atoms with E-state index in [9.17, 15) is 9.18 Å². The van der Waals surface area contributed by atoms with E-state index in [1.807, 2.05) is 24.4 Å². The second-order valence-corrected chi connectivity index (χ2v) is 5.02. The lowest BCUT2D eigenvalue weighted by atomic mass is 10.2. The molecule has 0 saturated heterocycles. The highest BCUT2D eigenvalue weighted by Gasteiger charge is 2.12. The molecule has 0 aliphatic heterocycles. The zero-order valence-corrected chi connectivity index (χ0v) is 11.5. The van der Waals surface area contributed by atoms with Crippen molar-refractivity contribution >= 4 is 29.0 Å². The van der Waals surface area contributed by atoms with Crippen LogP contribution in [0.1, 0.15) is 10.4 Å². The molecular formula is C15H11FN2OS. The van der Waals surface area contributed by atoms with Gasteiger partial charge in [-0.15, -0.1) is 11.3 Å². The molecule has 0 saturated carbocycles. The molecule has 0 spiro atoms. The van der Waals surface area contributed by atoms with E-state index in [-0.39, 0.29) is 11.3 Å². The first kappa shape index (κ1) is 14.0. The van der Waals surface area contributed by atoms with Crippen LogP contribution in [-0.4, -0.2) is 5.91 Å². The van der Waals surface area contributed by atoms with E-state index in [2.05, 4.69) is 5.32 Å². The van der Waals surface area contributed by atoms with Crippen LogP contribution >= 0.6 is 11.3 Å². The maximum Gasteiger partial charge on any atom is 0.266 e. The zero-order valence-electron chi connectivity index (χ0n) is 10.7. The standard InChI is InChI=1S/C15H11FN2OS/c1-10-6-7-20-14(10)8-11(9-17)15(19)18-13-5-3-2-4-12(13)16/h2-8H,1H3,(H,18,19)/b11-8+. The number of carbonyl (C=O) groups excluding carboxylic acids is 1. The van der Waals surface area contributed by atoms with Crippen LogP contribution in [0.15, 0.2) is 41.3 Å². The molecule has 1 aromatic heterocycles. The number of para-hydroxylation sites is 1. The fraction of sp³-hybridized carbons (Fsp3) is 0.0667. The second kappa shape index (κ2) is 6.13. The molecule has 100 valence electrons. The van der Waals surface area contributed by atoms with Crippen molar-refractivity contribution in [2.75, 3.05) is 5.32 Å². The van der Waals surface area contributed by atoms with Gasteiger partial charge in [0.05, 0.1) is 5.69 Å². The Morgan fingerprint density at radius 2 is 2.15 bits per heavy atom. The normalized spacial score (nSPS) is 10.9. The van der Waals surface area contributed by atoms with Crippen molar-refractivity contribution in [3.63, 3.8) is 0 Å². The third kappa shape index (κ3) is 3.11. The Labute approximate surface area is 120 Å². The summed E-state index contributed by atoms with van der Waals surface area (Å²) in [5.41, 5.74) is 0.988. The lowest BCUT2D eigenvalue weighted by Gasteiger charge is -2.05. The second-order valence-electron chi connectivity index (χ2n) is 4.07. The topological polar surface area (TPSA) is 52.9 Å². The molecule has 2 rings (SSSR count). The number of rotatable bonds is 3. The van der Waals surface area contributed by atoms with Gasteiger partial charge in [0.2, 0.25) is 0 Å². The molecule has 0 atom stereocenters. The van der Waals surface area contributed by atoms with Crippen molar-refractivity contribution in [1.82, 2.24) is 0 Å². The Balaban J connectivity index is 2.23. The summed E-state index contributed by atoms with van der Waals surface area (Å²) in [5.74, 6) is -1.16. The minimum Gasteiger partial charge on any atom is -0.319 e. The van der Waals surface area contributed by atoms with Gasteiger partial charge >= 0.3 is 0 Å². The van der Waals surface area contributed by atoms with Crippen molar-refractivity contribution in [2.45, 2.75) is 6.92 Å². The fourth-order valence-corrected chi connectivity index (χ4v) is 2.42. The Bertz CT molecular complexity index is 713. The number of nitrogens with one attached hydrogen (secondary N) is 1. The van der Waals surface area contributed by atoms with Gasteiger partial charge in [0, 0.05) is 4.88 Å². The SMILES string of the molecule is Cc1ccsc1/C=C(\C#N)C(=O)Nc1ccccc1F. The number of nitrogens with zero attached hydrogens (tertiary/aromatic N) is 1. The summed E-state index contributed by atoms with van der Waals surface area (Å²) in [6.45, 7) is 1.89. The quantitative estimate of drug-likeness (QED) is 0.690. The van der Waals surface area contributed by atoms with Crippen LogP contribution in [0.25, 0.3) is 6.08 Å². The van der Waals surface area contributed by atoms with Crippen LogP contribution in [-0.2, 0) is 4.79 Å². The van der Waals surface area contributed by atoms with Gasteiger partial charge in [0.1, 0.15) is 17.5 Å². The van der Waals surface area contributed by atoms with E-state index in [1.165, 1.54) is 35.6 Å². The van der Waals surface area contributed by atoms with Crippen molar-refractivity contribution in [3.8, 4) is 6.07 Å². The number of aryl methyl sites for hydroxylation is 1. The monoisotopic (exact) mass is 286 g/mol. The maximum absolute atomic E-state index is 13.4. The van der Waals surface area contributed by atoms with E-state index in [0.29, 0.717) is 0 Å². The Hall–Kier alpha value is -2.45. The van der Waals surface area contributed by atoms with E-state index in [1.54, 1.807) is 6.07 Å².